The minimum atomic E-state index is 0.194. The second-order valence-corrected chi connectivity index (χ2v) is 4.72. The van der Waals surface area contributed by atoms with E-state index in [1.807, 2.05) is 0 Å². The van der Waals surface area contributed by atoms with Crippen molar-refractivity contribution in [2.75, 3.05) is 5.34 Å². The summed E-state index contributed by atoms with van der Waals surface area (Å²) in [4.78, 5) is 0. The maximum absolute atomic E-state index is 5.38. The van der Waals surface area contributed by atoms with Crippen LogP contribution in [0, 0.1) is 0 Å². The number of ether oxygens (including phenoxy) is 1. The van der Waals surface area contributed by atoms with Gasteiger partial charge in [-0.05, 0) is 12.8 Å². The van der Waals surface area contributed by atoms with Gasteiger partial charge in [0.15, 0.2) is 0 Å². The van der Waals surface area contributed by atoms with E-state index in [2.05, 4.69) is 45.7 Å². The first-order valence-electron chi connectivity index (χ1n) is 3.67. The van der Waals surface area contributed by atoms with E-state index < -0.39 is 0 Å². The Morgan fingerprint density at radius 1 is 1.08 bits per heavy atom. The Morgan fingerprint density at radius 2 is 1.33 bits per heavy atom. The van der Waals surface area contributed by atoms with E-state index in [1.165, 1.54) is 0 Å². The van der Waals surface area contributed by atoms with Crippen molar-refractivity contribution in [3.8, 4) is 0 Å². The number of hydrogen-bond donors (Lipinski definition) is 0. The molecule has 0 rings (SSSR count). The molecule has 0 saturated heterocycles. The van der Waals surface area contributed by atoms with Gasteiger partial charge in [0, 0.05) is 0 Å². The Balaban J connectivity index is 0. The molecule has 0 aliphatic rings. The second kappa shape index (κ2) is 12.5. The number of rotatable bonds is 4. The van der Waals surface area contributed by atoms with Crippen LogP contribution in [-0.2, 0) is 4.74 Å². The van der Waals surface area contributed by atoms with E-state index in [4.69, 9.17) is 27.9 Å². The van der Waals surface area contributed by atoms with Crippen molar-refractivity contribution in [1.29, 1.82) is 0 Å². The topological polar surface area (TPSA) is 9.23 Å². The van der Waals surface area contributed by atoms with Crippen LogP contribution in [0.1, 0.15) is 26.7 Å². The van der Waals surface area contributed by atoms with Crippen LogP contribution in [0.5, 0.6) is 0 Å². The van der Waals surface area contributed by atoms with Gasteiger partial charge in [-0.2, -0.15) is 0 Å². The second-order valence-electron chi connectivity index (χ2n) is 1.87. The van der Waals surface area contributed by atoms with Crippen LogP contribution in [0.4, 0.5) is 0 Å². The van der Waals surface area contributed by atoms with Crippen LogP contribution < -0.4 is 0 Å². The molecule has 0 bridgehead atoms. The van der Waals surface area contributed by atoms with E-state index in [1.54, 1.807) is 0 Å². The van der Waals surface area contributed by atoms with E-state index in [0.717, 1.165) is 12.8 Å². The first-order chi connectivity index (χ1) is 5.62. The largest absolute Gasteiger partial charge is 0.353 e. The predicted octanol–water partition coefficient (Wildman–Crippen LogP) is 4.69. The van der Waals surface area contributed by atoms with Gasteiger partial charge in [0.1, 0.15) is 10.0 Å². The maximum Gasteiger partial charge on any atom is 0.113 e. The fourth-order valence-electron chi connectivity index (χ4n) is 0.353. The molecule has 12 heavy (non-hydrogen) atoms. The molecule has 0 aromatic rings. The molecule has 0 radical (unpaired) electrons. The highest BCUT2D eigenvalue weighted by atomic mass is 79.9. The summed E-state index contributed by atoms with van der Waals surface area (Å²) < 4.78 is 5.38. The molecule has 0 saturated carbocycles. The summed E-state index contributed by atoms with van der Waals surface area (Å²) in [5.74, 6) is 0. The Hall–Kier alpha value is 1.50. The molecule has 2 atom stereocenters. The zero-order valence-corrected chi connectivity index (χ0v) is 11.9. The summed E-state index contributed by atoms with van der Waals surface area (Å²) in [5, 5.41) is 0.587. The highest BCUT2D eigenvalue weighted by molar-refractivity contribution is 9.10. The molecule has 0 aromatic carbocycles. The monoisotopic (exact) mass is 342 g/mol. The molecule has 0 aliphatic carbocycles. The van der Waals surface area contributed by atoms with Crippen LogP contribution in [0.25, 0.3) is 0 Å². The van der Waals surface area contributed by atoms with E-state index >= 15 is 0 Å². The minimum absolute atomic E-state index is 0.194. The van der Waals surface area contributed by atoms with Crippen LogP contribution in [0.3, 0.4) is 0 Å². The fraction of sp³-hybridized carbons (Fsp3) is 1.00. The van der Waals surface area contributed by atoms with Gasteiger partial charge in [0.2, 0.25) is 0 Å². The lowest BCUT2D eigenvalue weighted by Gasteiger charge is -2.12. The van der Waals surface area contributed by atoms with Crippen molar-refractivity contribution in [2.24, 2.45) is 0 Å². The number of halogens is 4. The maximum atomic E-state index is 5.38. The molecular formula is C7H14Br2Cl2O. The SMILES string of the molecule is CCC(Br)OC(Br)CC.ClCCl. The molecule has 2 unspecified atom stereocenters. The van der Waals surface area contributed by atoms with E-state index in [0.29, 0.717) is 0 Å². The zero-order chi connectivity index (χ0) is 9.98. The van der Waals surface area contributed by atoms with Crippen molar-refractivity contribution < 1.29 is 4.74 Å². The molecule has 0 aliphatic heterocycles. The molecule has 0 spiro atoms. The summed E-state index contributed by atoms with van der Waals surface area (Å²) in [6, 6.07) is 0. The van der Waals surface area contributed by atoms with Gasteiger partial charge in [0.05, 0.1) is 5.34 Å². The van der Waals surface area contributed by atoms with Crippen LogP contribution in [0.15, 0.2) is 0 Å². The van der Waals surface area contributed by atoms with Crippen molar-refractivity contribution in [1.82, 2.24) is 0 Å². The molecule has 0 aromatic heterocycles. The van der Waals surface area contributed by atoms with Gasteiger partial charge >= 0.3 is 0 Å². The first kappa shape index (κ1) is 15.9. The summed E-state index contributed by atoms with van der Waals surface area (Å²) in [7, 11) is 0. The molecular weight excluding hydrogens is 331 g/mol. The third-order valence-electron chi connectivity index (χ3n) is 0.937. The van der Waals surface area contributed by atoms with Crippen molar-refractivity contribution >= 4 is 55.1 Å². The molecule has 0 heterocycles. The summed E-state index contributed by atoms with van der Waals surface area (Å²) >= 11 is 16.3. The van der Waals surface area contributed by atoms with Gasteiger partial charge in [0.25, 0.3) is 0 Å². The quantitative estimate of drug-likeness (QED) is 0.672. The highest BCUT2D eigenvalue weighted by Gasteiger charge is 2.05. The normalized spacial score (nSPS) is 14.5. The van der Waals surface area contributed by atoms with Crippen molar-refractivity contribution in [2.45, 2.75) is 36.7 Å². The number of hydrogen-bond acceptors (Lipinski definition) is 1. The molecule has 5 heteroatoms. The Kier molecular flexibility index (Phi) is 16.6. The van der Waals surface area contributed by atoms with Gasteiger partial charge in [-0.25, -0.2) is 0 Å². The van der Waals surface area contributed by atoms with Crippen LogP contribution in [0.2, 0.25) is 0 Å². The van der Waals surface area contributed by atoms with Gasteiger partial charge in [-0.3, -0.25) is 0 Å². The molecule has 0 N–H and O–H groups in total. The van der Waals surface area contributed by atoms with Crippen molar-refractivity contribution in [3.05, 3.63) is 0 Å². The fourth-order valence-corrected chi connectivity index (χ4v) is 1.16. The summed E-state index contributed by atoms with van der Waals surface area (Å²) in [6.07, 6.45) is 2.00. The zero-order valence-electron chi connectivity index (χ0n) is 7.20. The Morgan fingerprint density at radius 3 is 1.50 bits per heavy atom. The van der Waals surface area contributed by atoms with Crippen LogP contribution in [-0.4, -0.2) is 15.4 Å². The molecule has 0 fully saturated rings. The lowest BCUT2D eigenvalue weighted by molar-refractivity contribution is 0.0960. The van der Waals surface area contributed by atoms with Crippen molar-refractivity contribution in [3.63, 3.8) is 0 Å². The lowest BCUT2D eigenvalue weighted by Crippen LogP contribution is -2.09. The molecule has 1 nitrogen and oxygen atoms in total. The third kappa shape index (κ3) is 14.0. The Bertz CT molecular complexity index is 77.8. The standard InChI is InChI=1S/C6H12Br2O.CH2Cl2/c1-3-5(7)9-6(8)4-2;2-1-3/h5-6H,3-4H2,1-2H3;1H2. The third-order valence-corrected chi connectivity index (χ3v) is 2.66. The molecule has 0 amide bonds. The summed E-state index contributed by atoms with van der Waals surface area (Å²) in [5.41, 5.74) is 0. The average molecular weight is 345 g/mol. The van der Waals surface area contributed by atoms with Gasteiger partial charge in [-0.15, -0.1) is 23.2 Å². The Labute approximate surface area is 101 Å². The first-order valence-corrected chi connectivity index (χ1v) is 6.57. The van der Waals surface area contributed by atoms with Gasteiger partial charge < -0.3 is 4.74 Å². The van der Waals surface area contributed by atoms with Gasteiger partial charge in [-0.1, -0.05) is 45.7 Å². The number of alkyl halides is 4. The van der Waals surface area contributed by atoms with E-state index in [-0.39, 0.29) is 15.4 Å². The lowest BCUT2D eigenvalue weighted by atomic mass is 10.5. The average Bonchev–Trinajstić information content (AvgIpc) is 2.05. The predicted molar refractivity (Wildman–Crippen MR) is 63.7 cm³/mol. The molecule has 76 valence electrons. The smallest absolute Gasteiger partial charge is 0.113 e. The highest BCUT2D eigenvalue weighted by Crippen LogP contribution is 2.15. The van der Waals surface area contributed by atoms with E-state index in [9.17, 15) is 0 Å². The van der Waals surface area contributed by atoms with Crippen LogP contribution >= 0.6 is 55.1 Å². The summed E-state index contributed by atoms with van der Waals surface area (Å²) in [6.45, 7) is 4.16. The minimum Gasteiger partial charge on any atom is -0.353 e.